The molecule has 1 heterocycles. The van der Waals surface area contributed by atoms with Crippen LogP contribution in [0, 0.1) is 0 Å². The Balaban J connectivity index is 2.58. The molecule has 0 bridgehead atoms. The third-order valence-corrected chi connectivity index (χ3v) is 2.56. The molecule has 1 N–H and O–H groups in total. The fourth-order valence-corrected chi connectivity index (χ4v) is 1.91. The van der Waals surface area contributed by atoms with Gasteiger partial charge < -0.3 is 5.02 Å². The number of carbonyl (C=O) groups is 1. The normalized spacial score (nSPS) is 14.3. The Bertz CT molecular complexity index is 390. The van der Waals surface area contributed by atoms with Gasteiger partial charge in [0.05, 0.1) is 5.69 Å². The van der Waals surface area contributed by atoms with Crippen LogP contribution in [0.4, 0.5) is 0 Å². The highest BCUT2D eigenvalue weighted by atomic mass is 16.2. The first kappa shape index (κ1) is 9.40. The van der Waals surface area contributed by atoms with Crippen LogP contribution >= 0.6 is 0 Å². The lowest BCUT2D eigenvalue weighted by Gasteiger charge is -2.06. The van der Waals surface area contributed by atoms with Crippen LogP contribution in [0.1, 0.15) is 35.0 Å². The number of hydrogen-bond acceptors (Lipinski definition) is 3. The highest BCUT2D eigenvalue weighted by Crippen LogP contribution is 2.23. The summed E-state index contributed by atoms with van der Waals surface area (Å²) in [5, 5.41) is 8.88. The summed E-state index contributed by atoms with van der Waals surface area (Å²) in [6.07, 6.45) is 2.10. The summed E-state index contributed by atoms with van der Waals surface area (Å²) < 4.78 is 0. The van der Waals surface area contributed by atoms with Gasteiger partial charge >= 0.3 is 7.48 Å². The maximum Gasteiger partial charge on any atom is 0.348 e. The Morgan fingerprint density at radius 3 is 3.00 bits per heavy atom. The Hall–Kier alpha value is -1.16. The average molecular weight is 188 g/mol. The van der Waals surface area contributed by atoms with Gasteiger partial charge in [-0.25, -0.2) is 0 Å². The molecule has 1 aliphatic rings. The van der Waals surface area contributed by atoms with Crippen molar-refractivity contribution in [2.24, 2.45) is 0 Å². The molecule has 14 heavy (non-hydrogen) atoms. The van der Waals surface area contributed by atoms with Crippen LogP contribution in [0.3, 0.4) is 0 Å². The fraction of sp³-hybridized carbons (Fsp3) is 0.400. The van der Waals surface area contributed by atoms with E-state index in [9.17, 15) is 4.79 Å². The molecule has 0 fully saturated rings. The first-order chi connectivity index (χ1) is 6.76. The number of fused-ring (bicyclic) bond motifs is 1. The minimum Gasteiger partial charge on any atom is -0.449 e. The number of carbonyl (C=O) groups excluding carboxylic acids is 1. The minimum atomic E-state index is 0.189. The fourth-order valence-electron chi connectivity index (χ4n) is 1.91. The number of aromatic nitrogens is 1. The predicted octanol–water partition coefficient (Wildman–Crippen LogP) is 0.00970. The lowest BCUT2D eigenvalue weighted by molar-refractivity contribution is 0.0993. The minimum absolute atomic E-state index is 0.189. The van der Waals surface area contributed by atoms with E-state index in [0.29, 0.717) is 12.0 Å². The van der Waals surface area contributed by atoms with E-state index in [4.69, 9.17) is 5.02 Å². The van der Waals surface area contributed by atoms with E-state index in [1.807, 2.05) is 6.92 Å². The zero-order valence-corrected chi connectivity index (χ0v) is 8.08. The Morgan fingerprint density at radius 1 is 1.57 bits per heavy atom. The molecule has 0 saturated carbocycles. The van der Waals surface area contributed by atoms with E-state index in [0.717, 1.165) is 37.1 Å². The van der Waals surface area contributed by atoms with Crippen molar-refractivity contribution in [3.63, 3.8) is 0 Å². The van der Waals surface area contributed by atoms with Crippen molar-refractivity contribution in [3.05, 3.63) is 22.9 Å². The van der Waals surface area contributed by atoms with Crippen LogP contribution in [0.15, 0.2) is 6.07 Å². The van der Waals surface area contributed by atoms with Gasteiger partial charge in [0.1, 0.15) is 0 Å². The molecule has 0 saturated heterocycles. The summed E-state index contributed by atoms with van der Waals surface area (Å²) in [5.41, 5.74) is 3.18. The van der Waals surface area contributed by atoms with E-state index in [-0.39, 0.29) is 5.78 Å². The maximum atomic E-state index is 11.5. The number of rotatable bonds is 2. The molecule has 0 aliphatic heterocycles. The van der Waals surface area contributed by atoms with Crippen LogP contribution in [0.5, 0.6) is 0 Å². The van der Waals surface area contributed by atoms with Gasteiger partial charge in [0, 0.05) is 17.6 Å². The summed E-state index contributed by atoms with van der Waals surface area (Å²) in [4.78, 5) is 15.7. The van der Waals surface area contributed by atoms with Crippen molar-refractivity contribution in [2.75, 3.05) is 0 Å². The largest absolute Gasteiger partial charge is 0.449 e. The number of nitrogens with zero attached hydrogens (tertiary/aromatic N) is 1. The van der Waals surface area contributed by atoms with Crippen LogP contribution in [0.2, 0.25) is 0 Å². The van der Waals surface area contributed by atoms with Gasteiger partial charge in [-0.05, 0) is 24.5 Å². The van der Waals surface area contributed by atoms with Gasteiger partial charge in [-0.3, -0.25) is 9.78 Å². The number of hydrogen-bond donors (Lipinski definition) is 1. The quantitative estimate of drug-likeness (QED) is 0.665. The lowest BCUT2D eigenvalue weighted by Crippen LogP contribution is -2.21. The zero-order chi connectivity index (χ0) is 10.1. The third-order valence-electron chi connectivity index (χ3n) is 2.56. The maximum absolute atomic E-state index is 11.5. The molecule has 0 unspecified atom stereocenters. The van der Waals surface area contributed by atoms with Gasteiger partial charge in [-0.15, -0.1) is 0 Å². The number of pyridine rings is 1. The molecule has 2 rings (SSSR count). The smallest absolute Gasteiger partial charge is 0.348 e. The van der Waals surface area contributed by atoms with Crippen LogP contribution in [-0.4, -0.2) is 23.3 Å². The third kappa shape index (κ3) is 1.36. The van der Waals surface area contributed by atoms with E-state index < -0.39 is 0 Å². The SMILES string of the molecule is CCc1nc([B]O)cc2c1C(=O)CC2. The van der Waals surface area contributed by atoms with Crippen molar-refractivity contribution >= 4 is 18.9 Å². The van der Waals surface area contributed by atoms with Crippen LogP contribution in [0.25, 0.3) is 0 Å². The molecule has 0 spiro atoms. The second-order valence-corrected chi connectivity index (χ2v) is 3.43. The van der Waals surface area contributed by atoms with E-state index in [1.54, 1.807) is 6.07 Å². The van der Waals surface area contributed by atoms with Gasteiger partial charge in [-0.2, -0.15) is 0 Å². The molecule has 1 aromatic heterocycles. The molecule has 4 heteroatoms. The van der Waals surface area contributed by atoms with Gasteiger partial charge in [0.15, 0.2) is 5.78 Å². The second-order valence-electron chi connectivity index (χ2n) is 3.43. The molecular weight excluding hydrogens is 177 g/mol. The molecule has 0 aromatic carbocycles. The second kappa shape index (κ2) is 3.54. The van der Waals surface area contributed by atoms with Gasteiger partial charge in [0.25, 0.3) is 0 Å². The van der Waals surface area contributed by atoms with Gasteiger partial charge in [-0.1, -0.05) is 6.92 Å². The van der Waals surface area contributed by atoms with Crippen LogP contribution < -0.4 is 5.59 Å². The van der Waals surface area contributed by atoms with E-state index >= 15 is 0 Å². The van der Waals surface area contributed by atoms with Gasteiger partial charge in [0.2, 0.25) is 0 Å². The van der Waals surface area contributed by atoms with Crippen molar-refractivity contribution in [1.29, 1.82) is 0 Å². The summed E-state index contributed by atoms with van der Waals surface area (Å²) >= 11 is 0. The molecule has 1 radical (unpaired) electrons. The first-order valence-electron chi connectivity index (χ1n) is 4.79. The summed E-state index contributed by atoms with van der Waals surface area (Å²) in [6, 6.07) is 1.79. The summed E-state index contributed by atoms with van der Waals surface area (Å²) in [6.45, 7) is 1.97. The predicted molar refractivity (Wildman–Crippen MR) is 53.9 cm³/mol. The molecule has 1 aromatic rings. The Labute approximate surface area is 83.4 Å². The average Bonchev–Trinajstić information content (AvgIpc) is 2.59. The lowest BCUT2D eigenvalue weighted by atomic mass is 9.92. The van der Waals surface area contributed by atoms with Crippen molar-refractivity contribution < 1.29 is 9.82 Å². The highest BCUT2D eigenvalue weighted by Gasteiger charge is 2.23. The Morgan fingerprint density at radius 2 is 2.36 bits per heavy atom. The monoisotopic (exact) mass is 188 g/mol. The van der Waals surface area contributed by atoms with Crippen LogP contribution in [-0.2, 0) is 12.8 Å². The number of aryl methyl sites for hydroxylation is 2. The number of Topliss-reactive ketones (excluding diaryl/α,β-unsaturated/α-hetero) is 1. The molecule has 71 valence electrons. The highest BCUT2D eigenvalue weighted by molar-refractivity contribution is 6.44. The van der Waals surface area contributed by atoms with Crippen molar-refractivity contribution in [1.82, 2.24) is 4.98 Å². The molecule has 3 nitrogen and oxygen atoms in total. The Kier molecular flexibility index (Phi) is 2.38. The zero-order valence-electron chi connectivity index (χ0n) is 8.08. The molecular formula is C10H11BNO2. The summed E-state index contributed by atoms with van der Waals surface area (Å²) in [5.74, 6) is 0.189. The van der Waals surface area contributed by atoms with E-state index in [2.05, 4.69) is 4.98 Å². The summed E-state index contributed by atoms with van der Waals surface area (Å²) in [7, 11) is 0.988. The number of ketones is 1. The molecule has 0 atom stereocenters. The van der Waals surface area contributed by atoms with Crippen molar-refractivity contribution in [3.8, 4) is 0 Å². The molecule has 0 amide bonds. The molecule has 1 aliphatic carbocycles. The van der Waals surface area contributed by atoms with Crippen molar-refractivity contribution in [2.45, 2.75) is 26.2 Å². The standard InChI is InChI=1S/C10H11BNO2/c1-2-7-10-6(3-4-8(10)13)5-9(11-14)12-7/h5,14H,2-4H2,1H3. The topological polar surface area (TPSA) is 50.2 Å². The van der Waals surface area contributed by atoms with E-state index in [1.165, 1.54) is 0 Å². The first-order valence-corrected chi connectivity index (χ1v) is 4.79.